The van der Waals surface area contributed by atoms with E-state index < -0.39 is 10.0 Å². The molecule has 1 N–H and O–H groups in total. The number of hydrogen-bond donors (Lipinski definition) is 1. The van der Waals surface area contributed by atoms with Gasteiger partial charge in [-0.25, -0.2) is 13.1 Å². The van der Waals surface area contributed by atoms with Crippen LogP contribution in [0.4, 0.5) is 0 Å². The molecule has 0 spiro atoms. The standard InChI is InChI=1S/C11H16ClNO2S/c1-10(11-6-3-2-4-7-11)13-16(14,15)9-5-8-12/h2-4,6-7,10,13H,5,8-9H2,1H3/t10-/m1/s1. The van der Waals surface area contributed by atoms with Crippen LogP contribution in [0.1, 0.15) is 24.9 Å². The van der Waals surface area contributed by atoms with Crippen LogP contribution < -0.4 is 4.72 Å². The lowest BCUT2D eigenvalue weighted by Gasteiger charge is -2.14. The minimum Gasteiger partial charge on any atom is -0.212 e. The Balaban J connectivity index is 2.61. The second-order valence-corrected chi connectivity index (χ2v) is 5.86. The highest BCUT2D eigenvalue weighted by Gasteiger charge is 2.14. The molecule has 1 rings (SSSR count). The van der Waals surface area contributed by atoms with Crippen molar-refractivity contribution >= 4 is 21.6 Å². The van der Waals surface area contributed by atoms with Crippen molar-refractivity contribution in [3.05, 3.63) is 35.9 Å². The normalized spacial score (nSPS) is 13.6. The van der Waals surface area contributed by atoms with Crippen molar-refractivity contribution in [1.29, 1.82) is 0 Å². The van der Waals surface area contributed by atoms with Gasteiger partial charge in [-0.3, -0.25) is 0 Å². The summed E-state index contributed by atoms with van der Waals surface area (Å²) >= 11 is 5.47. The molecule has 1 aromatic rings. The molecular formula is C11H16ClNO2S. The molecule has 0 bridgehead atoms. The van der Waals surface area contributed by atoms with Gasteiger partial charge < -0.3 is 0 Å². The van der Waals surface area contributed by atoms with E-state index in [9.17, 15) is 8.42 Å². The molecule has 1 atom stereocenters. The first-order valence-corrected chi connectivity index (χ1v) is 7.35. The molecule has 90 valence electrons. The first kappa shape index (κ1) is 13.5. The van der Waals surface area contributed by atoms with E-state index in [1.54, 1.807) is 0 Å². The Morgan fingerprint density at radius 1 is 1.31 bits per heavy atom. The molecule has 16 heavy (non-hydrogen) atoms. The van der Waals surface area contributed by atoms with Gasteiger partial charge in [0, 0.05) is 11.9 Å². The fourth-order valence-corrected chi connectivity index (χ4v) is 2.99. The highest BCUT2D eigenvalue weighted by molar-refractivity contribution is 7.89. The summed E-state index contributed by atoms with van der Waals surface area (Å²) in [5, 5.41) is 0. The van der Waals surface area contributed by atoms with Crippen LogP contribution in [0.15, 0.2) is 30.3 Å². The monoisotopic (exact) mass is 261 g/mol. The lowest BCUT2D eigenvalue weighted by molar-refractivity contribution is 0.566. The maximum atomic E-state index is 11.6. The average molecular weight is 262 g/mol. The summed E-state index contributed by atoms with van der Waals surface area (Å²) in [5.74, 6) is 0.439. The SMILES string of the molecule is C[C@@H](NS(=O)(=O)CCCCl)c1ccccc1. The largest absolute Gasteiger partial charge is 0.212 e. The number of hydrogen-bond acceptors (Lipinski definition) is 2. The number of nitrogens with one attached hydrogen (secondary N) is 1. The van der Waals surface area contributed by atoms with Gasteiger partial charge in [0.2, 0.25) is 10.0 Å². The van der Waals surface area contributed by atoms with Crippen molar-refractivity contribution in [3.63, 3.8) is 0 Å². The van der Waals surface area contributed by atoms with Crippen molar-refractivity contribution in [1.82, 2.24) is 4.72 Å². The summed E-state index contributed by atoms with van der Waals surface area (Å²) in [5.41, 5.74) is 0.956. The Morgan fingerprint density at radius 3 is 2.50 bits per heavy atom. The molecule has 0 unspecified atom stereocenters. The molecule has 0 aliphatic heterocycles. The number of halogens is 1. The van der Waals surface area contributed by atoms with Gasteiger partial charge in [0.1, 0.15) is 0 Å². The van der Waals surface area contributed by atoms with Crippen molar-refractivity contribution in [2.75, 3.05) is 11.6 Å². The predicted molar refractivity (Wildman–Crippen MR) is 67.1 cm³/mol. The fraction of sp³-hybridized carbons (Fsp3) is 0.455. The van der Waals surface area contributed by atoms with Crippen LogP contribution in [0.2, 0.25) is 0 Å². The van der Waals surface area contributed by atoms with Gasteiger partial charge >= 0.3 is 0 Å². The molecule has 0 radical (unpaired) electrons. The minimum atomic E-state index is -3.23. The van der Waals surface area contributed by atoms with Crippen molar-refractivity contribution in [2.24, 2.45) is 0 Å². The van der Waals surface area contributed by atoms with Gasteiger partial charge in [-0.05, 0) is 18.9 Å². The summed E-state index contributed by atoms with van der Waals surface area (Å²) in [6.45, 7) is 1.83. The number of alkyl halides is 1. The maximum Gasteiger partial charge on any atom is 0.212 e. The lowest BCUT2D eigenvalue weighted by atomic mass is 10.1. The second kappa shape index (κ2) is 6.23. The minimum absolute atomic E-state index is 0.0771. The van der Waals surface area contributed by atoms with Gasteiger partial charge in [0.15, 0.2) is 0 Å². The molecule has 0 aliphatic rings. The van der Waals surface area contributed by atoms with Crippen LogP contribution in [0.5, 0.6) is 0 Å². The summed E-state index contributed by atoms with van der Waals surface area (Å²) in [4.78, 5) is 0. The molecule has 5 heteroatoms. The summed E-state index contributed by atoms with van der Waals surface area (Å²) in [7, 11) is -3.23. The zero-order chi connectivity index (χ0) is 12.0. The van der Waals surface area contributed by atoms with Crippen LogP contribution >= 0.6 is 11.6 Å². The molecule has 0 saturated heterocycles. The number of rotatable bonds is 6. The molecule has 0 amide bonds. The van der Waals surface area contributed by atoms with Crippen molar-refractivity contribution in [2.45, 2.75) is 19.4 Å². The molecule has 0 heterocycles. The Bertz CT molecular complexity index is 405. The van der Waals surface area contributed by atoms with Crippen LogP contribution in [0.3, 0.4) is 0 Å². The average Bonchev–Trinajstić information content (AvgIpc) is 2.27. The quantitative estimate of drug-likeness (QED) is 0.799. The summed E-state index contributed by atoms with van der Waals surface area (Å²) in [6.07, 6.45) is 0.471. The molecule has 0 fully saturated rings. The molecule has 1 aromatic carbocycles. The van der Waals surface area contributed by atoms with Gasteiger partial charge in [0.25, 0.3) is 0 Å². The smallest absolute Gasteiger partial charge is 0.212 e. The zero-order valence-electron chi connectivity index (χ0n) is 9.19. The third-order valence-electron chi connectivity index (χ3n) is 2.20. The Hall–Kier alpha value is -0.580. The molecule has 0 saturated carbocycles. The third-order valence-corrected chi connectivity index (χ3v) is 4.01. The van der Waals surface area contributed by atoms with E-state index in [0.717, 1.165) is 5.56 Å². The molecule has 3 nitrogen and oxygen atoms in total. The summed E-state index contributed by atoms with van der Waals surface area (Å²) in [6, 6.07) is 9.26. The van der Waals surface area contributed by atoms with Crippen molar-refractivity contribution < 1.29 is 8.42 Å². The zero-order valence-corrected chi connectivity index (χ0v) is 10.8. The second-order valence-electron chi connectivity index (χ2n) is 3.61. The van der Waals surface area contributed by atoms with Gasteiger partial charge in [-0.2, -0.15) is 0 Å². The van der Waals surface area contributed by atoms with Gasteiger partial charge in [-0.15, -0.1) is 11.6 Å². The van der Waals surface area contributed by atoms with Gasteiger partial charge in [0.05, 0.1) is 5.75 Å². The first-order valence-electron chi connectivity index (χ1n) is 5.16. The molecular weight excluding hydrogens is 246 g/mol. The topological polar surface area (TPSA) is 46.2 Å². The Morgan fingerprint density at radius 2 is 1.94 bits per heavy atom. The van der Waals surface area contributed by atoms with Crippen LogP contribution in [-0.2, 0) is 10.0 Å². The molecule has 0 aliphatic carbocycles. The maximum absolute atomic E-state index is 11.6. The van der Waals surface area contributed by atoms with Crippen LogP contribution in [0, 0.1) is 0 Å². The number of sulfonamides is 1. The fourth-order valence-electron chi connectivity index (χ4n) is 1.38. The Labute approximate surface area is 102 Å². The predicted octanol–water partition coefficient (Wildman–Crippen LogP) is 2.30. The van der Waals surface area contributed by atoms with Gasteiger partial charge in [-0.1, -0.05) is 30.3 Å². The lowest BCUT2D eigenvalue weighted by Crippen LogP contribution is -2.29. The van der Waals surface area contributed by atoms with E-state index in [0.29, 0.717) is 12.3 Å². The highest BCUT2D eigenvalue weighted by atomic mass is 35.5. The third kappa shape index (κ3) is 4.51. The van der Waals surface area contributed by atoms with E-state index in [1.807, 2.05) is 37.3 Å². The Kier molecular flexibility index (Phi) is 5.25. The van der Waals surface area contributed by atoms with Crippen LogP contribution in [-0.4, -0.2) is 20.1 Å². The van der Waals surface area contributed by atoms with Crippen molar-refractivity contribution in [3.8, 4) is 0 Å². The molecule has 0 aromatic heterocycles. The van der Waals surface area contributed by atoms with E-state index in [1.165, 1.54) is 0 Å². The van der Waals surface area contributed by atoms with E-state index in [4.69, 9.17) is 11.6 Å². The summed E-state index contributed by atoms with van der Waals surface area (Å²) < 4.78 is 25.8. The van der Waals surface area contributed by atoms with Crippen LogP contribution in [0.25, 0.3) is 0 Å². The van der Waals surface area contributed by atoms with E-state index in [2.05, 4.69) is 4.72 Å². The highest BCUT2D eigenvalue weighted by Crippen LogP contribution is 2.12. The number of benzene rings is 1. The van der Waals surface area contributed by atoms with E-state index in [-0.39, 0.29) is 11.8 Å². The first-order chi connectivity index (χ1) is 7.55. The van der Waals surface area contributed by atoms with E-state index >= 15 is 0 Å².